The van der Waals surface area contributed by atoms with E-state index in [1.54, 1.807) is 32.9 Å². The quantitative estimate of drug-likeness (QED) is 0.557. The zero-order chi connectivity index (χ0) is 20.7. The standard InChI is InChI=1S/C18H30N2O5S2/c1-5-8-9-12-26(22,23)14-18(21)19-16-11-10-15(4)17(13-16)27(24,25)20(6-2)7-3/h10-11,13H,5-9,12,14H2,1-4H3,(H,19,21). The fourth-order valence-corrected chi connectivity index (χ4v) is 5.67. The van der Waals surface area contributed by atoms with Crippen LogP contribution in [0.1, 0.15) is 45.6 Å². The van der Waals surface area contributed by atoms with E-state index >= 15 is 0 Å². The second kappa shape index (κ2) is 10.2. The van der Waals surface area contributed by atoms with Gasteiger partial charge in [-0.05, 0) is 31.0 Å². The van der Waals surface area contributed by atoms with Gasteiger partial charge in [0.05, 0.1) is 10.6 Å². The van der Waals surface area contributed by atoms with E-state index in [4.69, 9.17) is 0 Å². The number of nitrogens with zero attached hydrogens (tertiary/aromatic N) is 1. The molecule has 0 atom stereocenters. The Bertz CT molecular complexity index is 845. The van der Waals surface area contributed by atoms with Gasteiger partial charge in [0.2, 0.25) is 15.9 Å². The molecule has 1 aromatic rings. The molecule has 7 nitrogen and oxygen atoms in total. The lowest BCUT2D eigenvalue weighted by molar-refractivity contribution is -0.113. The van der Waals surface area contributed by atoms with Gasteiger partial charge < -0.3 is 5.32 Å². The Morgan fingerprint density at radius 1 is 1.04 bits per heavy atom. The van der Waals surface area contributed by atoms with Gasteiger partial charge in [0.15, 0.2) is 9.84 Å². The minimum atomic E-state index is -3.68. The molecule has 0 unspecified atom stereocenters. The van der Waals surface area contributed by atoms with Crippen LogP contribution in [0.2, 0.25) is 0 Å². The first kappa shape index (κ1) is 23.6. The summed E-state index contributed by atoms with van der Waals surface area (Å²) in [4.78, 5) is 12.2. The maximum Gasteiger partial charge on any atom is 0.243 e. The van der Waals surface area contributed by atoms with Crippen LogP contribution in [-0.2, 0) is 24.7 Å². The monoisotopic (exact) mass is 418 g/mol. The van der Waals surface area contributed by atoms with Gasteiger partial charge in [0, 0.05) is 18.8 Å². The Morgan fingerprint density at radius 3 is 2.22 bits per heavy atom. The van der Waals surface area contributed by atoms with Crippen LogP contribution in [-0.4, -0.2) is 51.6 Å². The van der Waals surface area contributed by atoms with Gasteiger partial charge in [-0.15, -0.1) is 0 Å². The Morgan fingerprint density at radius 2 is 1.67 bits per heavy atom. The summed E-state index contributed by atoms with van der Waals surface area (Å²) in [6.07, 6.45) is 2.23. The van der Waals surface area contributed by atoms with Crippen molar-refractivity contribution in [3.63, 3.8) is 0 Å². The first-order valence-corrected chi connectivity index (χ1v) is 12.4. The van der Waals surface area contributed by atoms with Crippen molar-refractivity contribution in [2.24, 2.45) is 0 Å². The number of sulfone groups is 1. The van der Waals surface area contributed by atoms with Crippen molar-refractivity contribution in [2.75, 3.05) is 29.9 Å². The number of nitrogens with one attached hydrogen (secondary N) is 1. The predicted octanol–water partition coefficient (Wildman–Crippen LogP) is 2.57. The fraction of sp³-hybridized carbons (Fsp3) is 0.611. The summed E-state index contributed by atoms with van der Waals surface area (Å²) in [7, 11) is -7.16. The first-order chi connectivity index (χ1) is 12.6. The third kappa shape index (κ3) is 6.90. The SMILES string of the molecule is CCCCCS(=O)(=O)CC(=O)Nc1ccc(C)c(S(=O)(=O)N(CC)CC)c1. The molecule has 1 N–H and O–H groups in total. The molecular formula is C18H30N2O5S2. The van der Waals surface area contributed by atoms with E-state index in [0.717, 1.165) is 12.8 Å². The molecule has 1 aromatic carbocycles. The molecule has 27 heavy (non-hydrogen) atoms. The van der Waals surface area contributed by atoms with Crippen LogP contribution >= 0.6 is 0 Å². The van der Waals surface area contributed by atoms with Crippen molar-refractivity contribution in [1.82, 2.24) is 4.31 Å². The number of unbranched alkanes of at least 4 members (excludes halogenated alkanes) is 2. The van der Waals surface area contributed by atoms with Gasteiger partial charge in [-0.2, -0.15) is 4.31 Å². The number of benzene rings is 1. The van der Waals surface area contributed by atoms with Gasteiger partial charge >= 0.3 is 0 Å². The number of carbonyl (C=O) groups excluding carboxylic acids is 1. The smallest absolute Gasteiger partial charge is 0.243 e. The molecule has 0 saturated carbocycles. The molecule has 1 amide bonds. The fourth-order valence-electron chi connectivity index (χ4n) is 2.70. The minimum absolute atomic E-state index is 0.0241. The zero-order valence-electron chi connectivity index (χ0n) is 16.5. The second-order valence-electron chi connectivity index (χ2n) is 6.42. The molecule has 0 saturated heterocycles. The molecule has 0 fully saturated rings. The van der Waals surface area contributed by atoms with Gasteiger partial charge in [-0.3, -0.25) is 4.79 Å². The average molecular weight is 419 g/mol. The van der Waals surface area contributed by atoms with Crippen molar-refractivity contribution >= 4 is 31.5 Å². The van der Waals surface area contributed by atoms with Crippen molar-refractivity contribution < 1.29 is 21.6 Å². The summed E-state index contributed by atoms with van der Waals surface area (Å²) in [5.74, 6) is -1.30. The third-order valence-corrected chi connectivity index (χ3v) is 8.01. The van der Waals surface area contributed by atoms with Crippen molar-refractivity contribution in [1.29, 1.82) is 0 Å². The summed E-state index contributed by atoms with van der Waals surface area (Å²) < 4.78 is 50.8. The van der Waals surface area contributed by atoms with Crippen LogP contribution in [0.25, 0.3) is 0 Å². The van der Waals surface area contributed by atoms with Crippen LogP contribution in [0.15, 0.2) is 23.1 Å². The van der Waals surface area contributed by atoms with Crippen molar-refractivity contribution in [3.05, 3.63) is 23.8 Å². The van der Waals surface area contributed by atoms with Crippen LogP contribution in [0.3, 0.4) is 0 Å². The number of carbonyl (C=O) groups is 1. The van der Waals surface area contributed by atoms with E-state index in [0.29, 0.717) is 25.1 Å². The molecule has 0 aliphatic carbocycles. The predicted molar refractivity (Wildman–Crippen MR) is 108 cm³/mol. The summed E-state index contributed by atoms with van der Waals surface area (Å²) in [5, 5.41) is 2.50. The maximum absolute atomic E-state index is 12.7. The number of hydrogen-bond acceptors (Lipinski definition) is 5. The Kier molecular flexibility index (Phi) is 8.90. The maximum atomic E-state index is 12.7. The second-order valence-corrected chi connectivity index (χ2v) is 10.5. The molecular weight excluding hydrogens is 388 g/mol. The van der Waals surface area contributed by atoms with Gasteiger partial charge in [0.1, 0.15) is 5.75 Å². The van der Waals surface area contributed by atoms with Crippen molar-refractivity contribution in [3.8, 4) is 0 Å². The van der Waals surface area contributed by atoms with Gasteiger partial charge in [-0.1, -0.05) is 39.7 Å². The van der Waals surface area contributed by atoms with Crippen molar-refractivity contribution in [2.45, 2.75) is 51.9 Å². The highest BCUT2D eigenvalue weighted by atomic mass is 32.2. The Balaban J connectivity index is 2.96. The number of amides is 1. The summed E-state index contributed by atoms with van der Waals surface area (Å²) >= 11 is 0. The molecule has 0 aliphatic heterocycles. The largest absolute Gasteiger partial charge is 0.325 e. The zero-order valence-corrected chi connectivity index (χ0v) is 18.1. The molecule has 0 aliphatic rings. The molecule has 0 bridgehead atoms. The number of hydrogen-bond donors (Lipinski definition) is 1. The van der Waals surface area contributed by atoms with Crippen LogP contribution in [0, 0.1) is 6.92 Å². The normalized spacial score (nSPS) is 12.3. The lowest BCUT2D eigenvalue weighted by Gasteiger charge is -2.20. The lowest BCUT2D eigenvalue weighted by Crippen LogP contribution is -2.31. The van der Waals surface area contributed by atoms with E-state index in [-0.39, 0.29) is 16.3 Å². The van der Waals surface area contributed by atoms with E-state index in [1.807, 2.05) is 6.92 Å². The summed E-state index contributed by atoms with van der Waals surface area (Å²) in [6.45, 7) is 7.84. The number of sulfonamides is 1. The highest BCUT2D eigenvalue weighted by Crippen LogP contribution is 2.23. The van der Waals surface area contributed by atoms with Crippen LogP contribution in [0.4, 0.5) is 5.69 Å². The molecule has 0 aromatic heterocycles. The third-order valence-electron chi connectivity index (χ3n) is 4.21. The number of anilines is 1. The van der Waals surface area contributed by atoms with E-state index in [2.05, 4.69) is 5.32 Å². The molecule has 154 valence electrons. The number of rotatable bonds is 11. The van der Waals surface area contributed by atoms with E-state index in [9.17, 15) is 21.6 Å². The summed E-state index contributed by atoms with van der Waals surface area (Å²) in [5.41, 5.74) is 0.826. The highest BCUT2D eigenvalue weighted by Gasteiger charge is 2.24. The van der Waals surface area contributed by atoms with E-state index < -0.39 is 31.5 Å². The molecule has 9 heteroatoms. The lowest BCUT2D eigenvalue weighted by atomic mass is 10.2. The minimum Gasteiger partial charge on any atom is -0.325 e. The topological polar surface area (TPSA) is 101 Å². The summed E-state index contributed by atoms with van der Waals surface area (Å²) in [6, 6.07) is 4.55. The van der Waals surface area contributed by atoms with E-state index in [1.165, 1.54) is 10.4 Å². The van der Waals surface area contributed by atoms with Crippen LogP contribution in [0.5, 0.6) is 0 Å². The molecule has 0 spiro atoms. The Labute approximate surface area is 163 Å². The molecule has 0 radical (unpaired) electrons. The highest BCUT2D eigenvalue weighted by molar-refractivity contribution is 7.92. The van der Waals surface area contributed by atoms with Crippen LogP contribution < -0.4 is 5.32 Å². The first-order valence-electron chi connectivity index (χ1n) is 9.18. The molecule has 0 heterocycles. The Hall–Kier alpha value is -1.45. The average Bonchev–Trinajstić information content (AvgIpc) is 2.56. The van der Waals surface area contributed by atoms with Gasteiger partial charge in [0.25, 0.3) is 0 Å². The number of aryl methyl sites for hydroxylation is 1. The molecule has 1 rings (SSSR count). The van der Waals surface area contributed by atoms with Gasteiger partial charge in [-0.25, -0.2) is 16.8 Å².